The molecule has 0 aliphatic heterocycles. The van der Waals surface area contributed by atoms with Crippen molar-refractivity contribution >= 4 is 52.8 Å². The van der Waals surface area contributed by atoms with E-state index in [1.54, 1.807) is 0 Å². The largest absolute Gasteiger partial charge is 0.399 e. The minimum absolute atomic E-state index is 0.0172. The van der Waals surface area contributed by atoms with Crippen LogP contribution in [0, 0.1) is 0 Å². The maximum Gasteiger partial charge on any atom is 0.296 e. The predicted octanol–water partition coefficient (Wildman–Crippen LogP) is 0.503. The van der Waals surface area contributed by atoms with Crippen molar-refractivity contribution < 1.29 is 34.4 Å². The van der Waals surface area contributed by atoms with E-state index < -0.39 is 46.5 Å². The number of nitrogens with one attached hydrogen (secondary N) is 1. The lowest BCUT2D eigenvalue weighted by molar-refractivity contribution is 0.481. The highest BCUT2D eigenvalue weighted by molar-refractivity contribution is 7.93. The number of benzene rings is 2. The number of nitrogens with two attached hydrogens (primary N) is 2. The minimum atomic E-state index is -4.53. The molecule has 0 aliphatic carbocycles. The zero-order valence-corrected chi connectivity index (χ0v) is 16.6. The summed E-state index contributed by atoms with van der Waals surface area (Å²) >= 11 is 0. The van der Waals surface area contributed by atoms with Crippen LogP contribution in [0.5, 0.6) is 0 Å². The predicted molar refractivity (Wildman–Crippen MR) is 103 cm³/mol. The molecule has 7 N–H and O–H groups in total. The molecule has 0 fully saturated rings. The Morgan fingerprint density at radius 1 is 0.821 bits per heavy atom. The Bertz CT molecular complexity index is 1220. The first-order valence-electron chi connectivity index (χ1n) is 7.40. The number of nitrogen functional groups attached to an aromatic ring is 2. The van der Waals surface area contributed by atoms with Crippen molar-refractivity contribution in [1.29, 1.82) is 0 Å². The molecule has 0 spiro atoms. The lowest BCUT2D eigenvalue weighted by Crippen LogP contribution is -2.18. The third kappa shape index (κ3) is 5.56. The molecule has 2 aromatic carbocycles. The molecule has 0 saturated heterocycles. The number of hydrogen-bond donors (Lipinski definition) is 5. The third-order valence-electron chi connectivity index (χ3n) is 3.52. The van der Waals surface area contributed by atoms with Crippen molar-refractivity contribution in [3.63, 3.8) is 0 Å². The van der Waals surface area contributed by atoms with Crippen LogP contribution in [0.15, 0.2) is 46.2 Å². The van der Waals surface area contributed by atoms with Crippen LogP contribution in [0.25, 0.3) is 0 Å². The number of hydrogen-bond acceptors (Lipinski definition) is 9. The average molecular weight is 452 g/mol. The van der Waals surface area contributed by atoms with Gasteiger partial charge in [0, 0.05) is 11.4 Å². The molecular weight excluding hydrogens is 434 g/mol. The van der Waals surface area contributed by atoms with Crippen molar-refractivity contribution in [1.82, 2.24) is 0 Å². The summed E-state index contributed by atoms with van der Waals surface area (Å²) in [6, 6.07) is 7.25. The quantitative estimate of drug-likeness (QED) is 0.289. The van der Waals surface area contributed by atoms with E-state index >= 15 is 0 Å². The van der Waals surface area contributed by atoms with Crippen molar-refractivity contribution in [3.05, 3.63) is 36.4 Å². The Balaban J connectivity index is 2.44. The first kappa shape index (κ1) is 21.9. The van der Waals surface area contributed by atoms with Crippen LogP contribution < -0.4 is 16.8 Å². The van der Waals surface area contributed by atoms with Gasteiger partial charge in [0.25, 0.3) is 20.2 Å². The number of sulfone groups is 1. The molecule has 0 unspecified atom stereocenters. The van der Waals surface area contributed by atoms with Crippen LogP contribution in [0.1, 0.15) is 0 Å². The van der Waals surface area contributed by atoms with Gasteiger partial charge in [0.15, 0.2) is 9.84 Å². The Labute approximate surface area is 161 Å². The average Bonchev–Trinajstić information content (AvgIpc) is 2.53. The van der Waals surface area contributed by atoms with Crippen LogP contribution in [0.3, 0.4) is 0 Å². The van der Waals surface area contributed by atoms with Gasteiger partial charge in [0.05, 0.1) is 27.8 Å². The molecule has 2 aromatic rings. The van der Waals surface area contributed by atoms with Gasteiger partial charge in [-0.25, -0.2) is 8.42 Å². The summed E-state index contributed by atoms with van der Waals surface area (Å²) in [7, 11) is -13.2. The SMILES string of the molecule is Nc1ccc(Nc2ccc(S(=O)(=O)O)c(N)c2)c(S(=O)(=O)CCS(=O)(=O)O)c1. The van der Waals surface area contributed by atoms with E-state index in [4.69, 9.17) is 20.6 Å². The van der Waals surface area contributed by atoms with E-state index in [1.165, 1.54) is 18.2 Å². The second-order valence-corrected chi connectivity index (χ2v) is 10.8. The van der Waals surface area contributed by atoms with E-state index in [2.05, 4.69) is 5.32 Å². The van der Waals surface area contributed by atoms with E-state index in [1.807, 2.05) is 0 Å². The Kier molecular flexibility index (Phi) is 5.91. The van der Waals surface area contributed by atoms with Crippen LogP contribution in [0.2, 0.25) is 0 Å². The molecule has 0 aromatic heterocycles. The molecule has 0 heterocycles. The summed E-state index contributed by atoms with van der Waals surface area (Å²) in [5, 5.41) is 2.72. The molecule has 14 heteroatoms. The van der Waals surface area contributed by atoms with E-state index in [9.17, 15) is 25.3 Å². The molecule has 0 aliphatic rings. The van der Waals surface area contributed by atoms with Crippen molar-refractivity contribution in [3.8, 4) is 0 Å². The van der Waals surface area contributed by atoms with Gasteiger partial charge in [-0.15, -0.1) is 0 Å². The highest BCUT2D eigenvalue weighted by atomic mass is 32.2. The fourth-order valence-corrected chi connectivity index (χ4v) is 5.55. The molecule has 28 heavy (non-hydrogen) atoms. The van der Waals surface area contributed by atoms with Crippen LogP contribution in [0.4, 0.5) is 22.7 Å². The van der Waals surface area contributed by atoms with Gasteiger partial charge in [-0.05, 0) is 36.4 Å². The normalized spacial score (nSPS) is 12.6. The molecule has 2 rings (SSSR count). The second kappa shape index (κ2) is 7.56. The highest BCUT2D eigenvalue weighted by Crippen LogP contribution is 2.30. The summed E-state index contributed by atoms with van der Waals surface area (Å²) < 4.78 is 87.0. The molecule has 0 atom stereocenters. The fraction of sp³-hybridized carbons (Fsp3) is 0.143. The molecule has 0 radical (unpaired) electrons. The highest BCUT2D eigenvalue weighted by Gasteiger charge is 2.22. The number of anilines is 4. The first-order chi connectivity index (χ1) is 12.7. The maximum atomic E-state index is 12.5. The second-order valence-electron chi connectivity index (χ2n) is 5.71. The zero-order valence-electron chi connectivity index (χ0n) is 14.1. The molecule has 11 nitrogen and oxygen atoms in total. The maximum absolute atomic E-state index is 12.5. The van der Waals surface area contributed by atoms with Gasteiger partial charge >= 0.3 is 0 Å². The van der Waals surface area contributed by atoms with Gasteiger partial charge in [0.2, 0.25) is 0 Å². The van der Waals surface area contributed by atoms with Crippen molar-refractivity contribution in [2.24, 2.45) is 0 Å². The number of rotatable bonds is 7. The van der Waals surface area contributed by atoms with Gasteiger partial charge in [0.1, 0.15) is 4.90 Å². The van der Waals surface area contributed by atoms with Crippen molar-refractivity contribution in [2.75, 3.05) is 28.3 Å². The Morgan fingerprint density at radius 3 is 2.00 bits per heavy atom. The molecule has 0 amide bonds. The molecule has 0 saturated carbocycles. The summed E-state index contributed by atoms with van der Waals surface area (Å²) in [5.41, 5.74) is 11.2. The monoisotopic (exact) mass is 451 g/mol. The van der Waals surface area contributed by atoms with E-state index in [0.717, 1.165) is 18.2 Å². The molecule has 154 valence electrons. The van der Waals surface area contributed by atoms with Crippen LogP contribution in [-0.4, -0.2) is 45.9 Å². The smallest absolute Gasteiger partial charge is 0.296 e. The summed E-state index contributed by atoms with van der Waals surface area (Å²) in [6.07, 6.45) is 0. The van der Waals surface area contributed by atoms with Gasteiger partial charge < -0.3 is 16.8 Å². The first-order valence-corrected chi connectivity index (χ1v) is 12.1. The summed E-state index contributed by atoms with van der Waals surface area (Å²) in [4.78, 5) is -0.843. The lowest BCUT2D eigenvalue weighted by atomic mass is 10.2. The van der Waals surface area contributed by atoms with Gasteiger partial charge in [-0.3, -0.25) is 9.11 Å². The topological polar surface area (TPSA) is 207 Å². The molecular formula is C14H17N3O8S3. The van der Waals surface area contributed by atoms with Crippen LogP contribution >= 0.6 is 0 Å². The minimum Gasteiger partial charge on any atom is -0.399 e. The lowest BCUT2D eigenvalue weighted by Gasteiger charge is -2.14. The Morgan fingerprint density at radius 2 is 1.46 bits per heavy atom. The van der Waals surface area contributed by atoms with E-state index in [-0.39, 0.29) is 27.6 Å². The van der Waals surface area contributed by atoms with Gasteiger partial charge in [-0.2, -0.15) is 16.8 Å². The standard InChI is InChI=1S/C14H17N3O8S3/c15-9-1-3-12(14(7-9)26(18,19)5-6-27(20,21)22)17-10-2-4-13(11(16)8-10)28(23,24)25/h1-4,7-8,17H,5-6,15-16H2,(H,20,21,22)(H,23,24,25). The third-order valence-corrected chi connectivity index (χ3v) is 7.17. The zero-order chi connectivity index (χ0) is 21.3. The van der Waals surface area contributed by atoms with Gasteiger partial charge in [-0.1, -0.05) is 0 Å². The summed E-state index contributed by atoms with van der Waals surface area (Å²) in [5.74, 6) is -1.88. The van der Waals surface area contributed by atoms with E-state index in [0.29, 0.717) is 0 Å². The molecule has 0 bridgehead atoms. The van der Waals surface area contributed by atoms with Crippen LogP contribution in [-0.2, 0) is 30.1 Å². The van der Waals surface area contributed by atoms with Crippen molar-refractivity contribution in [2.45, 2.75) is 9.79 Å². The summed E-state index contributed by atoms with van der Waals surface area (Å²) in [6.45, 7) is 0. The fourth-order valence-electron chi connectivity index (χ4n) is 2.24. The Hall–Kier alpha value is -2.39.